The van der Waals surface area contributed by atoms with Crippen molar-refractivity contribution < 1.29 is 9.90 Å². The molecule has 14 heavy (non-hydrogen) atoms. The number of aliphatic hydroxyl groups excluding tert-OH is 1. The molecule has 0 aromatic carbocycles. The van der Waals surface area contributed by atoms with E-state index in [1.807, 2.05) is 0 Å². The van der Waals surface area contributed by atoms with Gasteiger partial charge < -0.3 is 10.8 Å². The number of nitrogens with two attached hydrogens (primary N) is 1. The summed E-state index contributed by atoms with van der Waals surface area (Å²) in [6, 6.07) is 1.71. The summed E-state index contributed by atoms with van der Waals surface area (Å²) >= 11 is 0. The summed E-state index contributed by atoms with van der Waals surface area (Å²) in [6.07, 6.45) is 3.15. The summed E-state index contributed by atoms with van der Waals surface area (Å²) in [5.74, 6) is 4.88. The average molecular weight is 190 g/mol. The molecule has 0 aliphatic rings. The van der Waals surface area contributed by atoms with E-state index in [-0.39, 0.29) is 13.0 Å². The molecule has 0 saturated carbocycles. The Labute approximate surface area is 81.8 Å². The van der Waals surface area contributed by atoms with E-state index in [0.717, 1.165) is 0 Å². The largest absolute Gasteiger partial charge is 0.392 e. The van der Waals surface area contributed by atoms with E-state index in [9.17, 15) is 4.79 Å². The Bertz CT molecular complexity index is 391. The molecule has 1 amide bonds. The molecule has 1 rings (SSSR count). The maximum Gasteiger partial charge on any atom is 0.229 e. The number of aromatic nitrogens is 1. The predicted molar refractivity (Wildman–Crippen MR) is 50.8 cm³/mol. The van der Waals surface area contributed by atoms with Crippen molar-refractivity contribution in [3.63, 3.8) is 0 Å². The lowest BCUT2D eigenvalue weighted by Gasteiger charge is -1.94. The molecule has 0 radical (unpaired) electrons. The normalized spacial score (nSPS) is 8.93. The van der Waals surface area contributed by atoms with Crippen LogP contribution in [0.3, 0.4) is 0 Å². The summed E-state index contributed by atoms with van der Waals surface area (Å²) in [5.41, 5.74) is 6.27. The second kappa shape index (κ2) is 5.00. The fraction of sp³-hybridized carbons (Fsp3) is 0.200. The van der Waals surface area contributed by atoms with Gasteiger partial charge in [0.1, 0.15) is 0 Å². The molecule has 0 aliphatic heterocycles. The Morgan fingerprint density at radius 1 is 1.57 bits per heavy atom. The van der Waals surface area contributed by atoms with Crippen molar-refractivity contribution in [1.82, 2.24) is 4.98 Å². The molecular weight excluding hydrogens is 180 g/mol. The van der Waals surface area contributed by atoms with Crippen molar-refractivity contribution in [1.29, 1.82) is 0 Å². The van der Waals surface area contributed by atoms with Crippen LogP contribution in [-0.2, 0) is 11.4 Å². The van der Waals surface area contributed by atoms with Gasteiger partial charge in [-0.25, -0.2) is 0 Å². The second-order valence-corrected chi connectivity index (χ2v) is 2.68. The van der Waals surface area contributed by atoms with E-state index < -0.39 is 5.91 Å². The van der Waals surface area contributed by atoms with Crippen LogP contribution in [0.15, 0.2) is 18.5 Å². The molecule has 1 aromatic rings. The predicted octanol–water partition coefficient (Wildman–Crippen LogP) is -0.199. The number of rotatable bonds is 2. The highest BCUT2D eigenvalue weighted by molar-refractivity contribution is 5.76. The second-order valence-electron chi connectivity index (χ2n) is 2.68. The monoisotopic (exact) mass is 190 g/mol. The quantitative estimate of drug-likeness (QED) is 0.634. The zero-order valence-electron chi connectivity index (χ0n) is 7.53. The van der Waals surface area contributed by atoms with Crippen LogP contribution in [0.5, 0.6) is 0 Å². The van der Waals surface area contributed by atoms with Crippen LogP contribution in [0.4, 0.5) is 0 Å². The first-order valence-corrected chi connectivity index (χ1v) is 4.04. The highest BCUT2D eigenvalue weighted by Gasteiger charge is 1.92. The molecule has 0 aliphatic carbocycles. The number of hydrogen-bond acceptors (Lipinski definition) is 3. The van der Waals surface area contributed by atoms with Gasteiger partial charge in [-0.15, -0.1) is 0 Å². The number of carbonyl (C=O) groups is 1. The molecule has 0 fully saturated rings. The van der Waals surface area contributed by atoms with E-state index in [0.29, 0.717) is 11.1 Å². The highest BCUT2D eigenvalue weighted by Crippen LogP contribution is 2.00. The van der Waals surface area contributed by atoms with Gasteiger partial charge in [0.15, 0.2) is 0 Å². The molecule has 4 nitrogen and oxygen atoms in total. The maximum atomic E-state index is 10.4. The number of primary amides is 1. The van der Waals surface area contributed by atoms with Crippen LogP contribution in [0, 0.1) is 11.8 Å². The van der Waals surface area contributed by atoms with Gasteiger partial charge in [-0.3, -0.25) is 9.78 Å². The molecule has 72 valence electrons. The fourth-order valence-corrected chi connectivity index (χ4v) is 0.876. The van der Waals surface area contributed by atoms with Crippen LogP contribution < -0.4 is 5.73 Å². The van der Waals surface area contributed by atoms with Crippen LogP contribution in [-0.4, -0.2) is 16.0 Å². The summed E-state index contributed by atoms with van der Waals surface area (Å²) in [4.78, 5) is 14.3. The minimum atomic E-state index is -0.455. The number of aliphatic hydroxyl groups is 1. The van der Waals surface area contributed by atoms with Gasteiger partial charge in [0, 0.05) is 18.0 Å². The van der Waals surface area contributed by atoms with Gasteiger partial charge >= 0.3 is 0 Å². The van der Waals surface area contributed by atoms with Gasteiger partial charge in [-0.2, -0.15) is 0 Å². The average Bonchev–Trinajstić information content (AvgIpc) is 2.18. The van der Waals surface area contributed by atoms with Gasteiger partial charge in [0.25, 0.3) is 0 Å². The summed E-state index contributed by atoms with van der Waals surface area (Å²) in [6.45, 7) is -0.0711. The fourth-order valence-electron chi connectivity index (χ4n) is 0.876. The molecule has 4 heteroatoms. The zero-order valence-corrected chi connectivity index (χ0v) is 7.53. The molecular formula is C10H10N2O2. The Morgan fingerprint density at radius 2 is 2.36 bits per heavy atom. The van der Waals surface area contributed by atoms with Crippen molar-refractivity contribution in [2.75, 3.05) is 0 Å². The van der Waals surface area contributed by atoms with Crippen molar-refractivity contribution in [3.8, 4) is 11.8 Å². The highest BCUT2D eigenvalue weighted by atomic mass is 16.3. The van der Waals surface area contributed by atoms with Crippen molar-refractivity contribution in [2.24, 2.45) is 5.73 Å². The van der Waals surface area contributed by atoms with E-state index in [1.54, 1.807) is 18.5 Å². The number of pyridine rings is 1. The third-order valence-corrected chi connectivity index (χ3v) is 1.47. The first-order valence-electron chi connectivity index (χ1n) is 4.04. The molecule has 0 saturated heterocycles. The standard InChI is InChI=1S/C10H10N2O2/c11-10(14)3-1-2-8-4-9(7-13)6-12-5-8/h4-6,13H,3,7H2,(H2,11,14). The lowest BCUT2D eigenvalue weighted by molar-refractivity contribution is -0.117. The molecule has 0 bridgehead atoms. The minimum absolute atomic E-state index is 0.0311. The van der Waals surface area contributed by atoms with Crippen LogP contribution in [0.25, 0.3) is 0 Å². The zero-order chi connectivity index (χ0) is 10.4. The minimum Gasteiger partial charge on any atom is -0.392 e. The molecule has 3 N–H and O–H groups in total. The first-order chi connectivity index (χ1) is 6.72. The van der Waals surface area contributed by atoms with Crippen molar-refractivity contribution in [3.05, 3.63) is 29.6 Å². The summed E-state index contributed by atoms with van der Waals surface area (Å²) in [7, 11) is 0. The third-order valence-electron chi connectivity index (χ3n) is 1.47. The summed E-state index contributed by atoms with van der Waals surface area (Å²) < 4.78 is 0. The van der Waals surface area contributed by atoms with Crippen LogP contribution in [0.1, 0.15) is 17.5 Å². The maximum absolute atomic E-state index is 10.4. The van der Waals surface area contributed by atoms with Gasteiger partial charge in [-0.05, 0) is 11.6 Å². The summed E-state index contributed by atoms with van der Waals surface area (Å²) in [5, 5.41) is 8.81. The van der Waals surface area contributed by atoms with Crippen molar-refractivity contribution in [2.45, 2.75) is 13.0 Å². The van der Waals surface area contributed by atoms with Gasteiger partial charge in [0.2, 0.25) is 5.91 Å². The Kier molecular flexibility index (Phi) is 3.65. The lowest BCUT2D eigenvalue weighted by Crippen LogP contribution is -2.08. The molecule has 0 spiro atoms. The number of hydrogen-bond donors (Lipinski definition) is 2. The molecule has 0 unspecified atom stereocenters. The van der Waals surface area contributed by atoms with E-state index in [4.69, 9.17) is 10.8 Å². The van der Waals surface area contributed by atoms with E-state index in [2.05, 4.69) is 16.8 Å². The SMILES string of the molecule is NC(=O)CC#Cc1cncc(CO)c1. The van der Waals surface area contributed by atoms with Gasteiger partial charge in [-0.1, -0.05) is 11.8 Å². The number of nitrogens with zero attached hydrogens (tertiary/aromatic N) is 1. The molecule has 1 aromatic heterocycles. The smallest absolute Gasteiger partial charge is 0.229 e. The van der Waals surface area contributed by atoms with Gasteiger partial charge in [0.05, 0.1) is 13.0 Å². The third kappa shape index (κ3) is 3.25. The molecule has 0 atom stereocenters. The number of amides is 1. The van der Waals surface area contributed by atoms with E-state index >= 15 is 0 Å². The van der Waals surface area contributed by atoms with E-state index in [1.165, 1.54) is 0 Å². The van der Waals surface area contributed by atoms with Crippen LogP contribution in [0.2, 0.25) is 0 Å². The lowest BCUT2D eigenvalue weighted by atomic mass is 10.2. The first kappa shape index (κ1) is 10.2. The van der Waals surface area contributed by atoms with Crippen LogP contribution >= 0.6 is 0 Å². The number of carbonyl (C=O) groups excluding carboxylic acids is 1. The molecule has 1 heterocycles. The topological polar surface area (TPSA) is 76.2 Å². The Balaban J connectivity index is 2.74. The van der Waals surface area contributed by atoms with Crippen molar-refractivity contribution >= 4 is 5.91 Å². The Morgan fingerprint density at radius 3 is 3.00 bits per heavy atom. The Hall–Kier alpha value is -1.86.